The van der Waals surface area contributed by atoms with Gasteiger partial charge in [-0.3, -0.25) is 10.1 Å². The second-order valence-electron chi connectivity index (χ2n) is 7.43. The van der Waals surface area contributed by atoms with Gasteiger partial charge in [0.25, 0.3) is 0 Å². The Morgan fingerprint density at radius 3 is 1.67 bits per heavy atom. The monoisotopic (exact) mass is 451 g/mol. The number of ether oxygens (including phenoxy) is 2. The van der Waals surface area contributed by atoms with Crippen LogP contribution < -0.4 is 9.80 Å². The van der Waals surface area contributed by atoms with Gasteiger partial charge in [-0.05, 0) is 11.1 Å². The van der Waals surface area contributed by atoms with Crippen LogP contribution in [0.1, 0.15) is 11.1 Å². The van der Waals surface area contributed by atoms with Gasteiger partial charge in [0.05, 0.1) is 18.1 Å². The maximum Gasteiger partial charge on any atom is 0.353 e. The van der Waals surface area contributed by atoms with E-state index in [1.807, 2.05) is 65.6 Å². The number of nitrogens with zero attached hydrogens (tertiary/aromatic N) is 5. The molecule has 174 valence electrons. The highest BCUT2D eigenvalue weighted by molar-refractivity contribution is 5.71. The summed E-state index contributed by atoms with van der Waals surface area (Å²) in [6.45, 7) is 2.60. The Morgan fingerprint density at radius 1 is 0.788 bits per heavy atom. The van der Waals surface area contributed by atoms with Gasteiger partial charge in [0, 0.05) is 40.4 Å². The van der Waals surface area contributed by atoms with Gasteiger partial charge in [-0.1, -0.05) is 60.7 Å². The molecule has 0 saturated heterocycles. The van der Waals surface area contributed by atoms with Crippen LogP contribution in [0.15, 0.2) is 67.0 Å². The number of rotatable bonds is 13. The highest BCUT2D eigenvalue weighted by Gasteiger charge is 2.30. The van der Waals surface area contributed by atoms with Crippen LogP contribution >= 0.6 is 0 Å². The van der Waals surface area contributed by atoms with Crippen LogP contribution in [0.3, 0.4) is 0 Å². The van der Waals surface area contributed by atoms with Crippen LogP contribution in [0.5, 0.6) is 0 Å². The van der Waals surface area contributed by atoms with E-state index < -0.39 is 4.92 Å². The Morgan fingerprint density at radius 2 is 1.24 bits per heavy atom. The third-order valence-corrected chi connectivity index (χ3v) is 5.13. The van der Waals surface area contributed by atoms with Gasteiger partial charge in [-0.2, -0.15) is 0 Å². The van der Waals surface area contributed by atoms with E-state index in [0.717, 1.165) is 11.1 Å². The first-order valence-electron chi connectivity index (χ1n) is 10.7. The number of hydrogen-bond acceptors (Lipinski definition) is 8. The first kappa shape index (κ1) is 24.1. The lowest BCUT2D eigenvalue weighted by Gasteiger charge is -2.27. The lowest BCUT2D eigenvalue weighted by Crippen LogP contribution is -2.33. The third kappa shape index (κ3) is 6.71. The zero-order valence-corrected chi connectivity index (χ0v) is 19.0. The molecule has 0 amide bonds. The van der Waals surface area contributed by atoms with Gasteiger partial charge in [0.2, 0.25) is 11.6 Å². The minimum atomic E-state index is -0.403. The van der Waals surface area contributed by atoms with Crippen LogP contribution in [0.2, 0.25) is 0 Å². The molecule has 0 atom stereocenters. The Kier molecular flexibility index (Phi) is 9.10. The number of anilines is 2. The van der Waals surface area contributed by atoms with Crippen LogP contribution in [0.25, 0.3) is 0 Å². The zero-order chi connectivity index (χ0) is 23.5. The van der Waals surface area contributed by atoms with Crippen LogP contribution in [0, 0.1) is 10.1 Å². The van der Waals surface area contributed by atoms with Crippen molar-refractivity contribution < 1.29 is 14.4 Å². The molecule has 2 aromatic carbocycles. The minimum absolute atomic E-state index is 0.128. The molecule has 0 spiro atoms. The molecule has 9 nitrogen and oxygen atoms in total. The van der Waals surface area contributed by atoms with E-state index in [4.69, 9.17) is 9.47 Å². The molecule has 0 aliphatic carbocycles. The molecular formula is C24H29N5O4. The molecule has 1 aromatic heterocycles. The lowest BCUT2D eigenvalue weighted by atomic mass is 10.1. The first-order valence-corrected chi connectivity index (χ1v) is 10.7. The molecule has 0 bridgehead atoms. The molecule has 0 aliphatic heterocycles. The van der Waals surface area contributed by atoms with Gasteiger partial charge in [0.15, 0.2) is 0 Å². The van der Waals surface area contributed by atoms with Gasteiger partial charge in [-0.15, -0.1) is 0 Å². The summed E-state index contributed by atoms with van der Waals surface area (Å²) in [6.07, 6.45) is 1.38. The van der Waals surface area contributed by atoms with Crippen molar-refractivity contribution in [1.29, 1.82) is 0 Å². The topological polar surface area (TPSA) is 93.9 Å². The van der Waals surface area contributed by atoms with E-state index in [1.165, 1.54) is 6.33 Å². The second-order valence-corrected chi connectivity index (χ2v) is 7.43. The number of methoxy groups -OCH3 is 2. The van der Waals surface area contributed by atoms with Crippen molar-refractivity contribution in [2.24, 2.45) is 0 Å². The summed E-state index contributed by atoms with van der Waals surface area (Å²) in [6, 6.07) is 19.7. The van der Waals surface area contributed by atoms with Crippen molar-refractivity contribution in [2.75, 3.05) is 50.3 Å². The van der Waals surface area contributed by atoms with Gasteiger partial charge >= 0.3 is 5.69 Å². The van der Waals surface area contributed by atoms with Crippen molar-refractivity contribution in [3.8, 4) is 0 Å². The summed E-state index contributed by atoms with van der Waals surface area (Å²) in [7, 11) is 3.19. The van der Waals surface area contributed by atoms with Crippen molar-refractivity contribution in [1.82, 2.24) is 9.97 Å². The van der Waals surface area contributed by atoms with E-state index in [-0.39, 0.29) is 17.3 Å². The van der Waals surface area contributed by atoms with Crippen LogP contribution in [-0.4, -0.2) is 55.4 Å². The molecule has 3 aromatic rings. The maximum absolute atomic E-state index is 12.3. The van der Waals surface area contributed by atoms with Crippen LogP contribution in [0.4, 0.5) is 17.3 Å². The molecule has 0 saturated carbocycles. The van der Waals surface area contributed by atoms with Gasteiger partial charge in [-0.25, -0.2) is 9.97 Å². The fourth-order valence-electron chi connectivity index (χ4n) is 3.53. The Hall–Kier alpha value is -3.56. The number of benzene rings is 2. The molecule has 0 aliphatic rings. The van der Waals surface area contributed by atoms with Crippen molar-refractivity contribution in [3.05, 3.63) is 88.2 Å². The molecule has 0 fully saturated rings. The quantitative estimate of drug-likeness (QED) is 0.287. The van der Waals surface area contributed by atoms with E-state index in [1.54, 1.807) is 19.1 Å². The van der Waals surface area contributed by atoms with Crippen molar-refractivity contribution in [3.63, 3.8) is 0 Å². The first-order chi connectivity index (χ1) is 16.1. The molecule has 3 rings (SSSR count). The predicted octanol–water partition coefficient (Wildman–Crippen LogP) is 3.69. The summed E-state index contributed by atoms with van der Waals surface area (Å²) < 4.78 is 10.4. The van der Waals surface area contributed by atoms with E-state index in [9.17, 15) is 10.1 Å². The average molecular weight is 452 g/mol. The SMILES string of the molecule is COCCN(CCOC)c1ncnc(N(Cc2ccccc2)Cc2ccccc2)c1[N+](=O)[O-]. The molecule has 33 heavy (non-hydrogen) atoms. The number of nitro groups is 1. The van der Waals surface area contributed by atoms with Crippen LogP contribution in [-0.2, 0) is 22.6 Å². The third-order valence-electron chi connectivity index (χ3n) is 5.13. The number of hydrogen-bond donors (Lipinski definition) is 0. The summed E-state index contributed by atoms with van der Waals surface area (Å²) in [4.78, 5) is 24.3. The van der Waals surface area contributed by atoms with Crippen molar-refractivity contribution in [2.45, 2.75) is 13.1 Å². The molecule has 1 heterocycles. The summed E-state index contributed by atoms with van der Waals surface area (Å²) in [5, 5.41) is 12.3. The standard InChI is InChI=1S/C24H29N5O4/c1-32-15-13-27(14-16-33-2)23-22(29(30)31)24(26-19-25-23)28(17-20-9-5-3-6-10-20)18-21-11-7-4-8-12-21/h3-12,19H,13-18H2,1-2H3. The zero-order valence-electron chi connectivity index (χ0n) is 19.0. The van der Waals surface area contributed by atoms with Crippen molar-refractivity contribution >= 4 is 17.3 Å². The normalized spacial score (nSPS) is 10.7. The predicted molar refractivity (Wildman–Crippen MR) is 127 cm³/mol. The average Bonchev–Trinajstić information content (AvgIpc) is 2.84. The molecule has 0 N–H and O–H groups in total. The molecule has 9 heteroatoms. The van der Waals surface area contributed by atoms with E-state index >= 15 is 0 Å². The molecule has 0 unspecified atom stereocenters. The smallest absolute Gasteiger partial charge is 0.353 e. The second kappa shape index (κ2) is 12.5. The maximum atomic E-state index is 12.3. The fourth-order valence-corrected chi connectivity index (χ4v) is 3.53. The highest BCUT2D eigenvalue weighted by atomic mass is 16.6. The largest absolute Gasteiger partial charge is 0.383 e. The van der Waals surface area contributed by atoms with Gasteiger partial charge < -0.3 is 19.3 Å². The lowest BCUT2D eigenvalue weighted by molar-refractivity contribution is -0.383. The Balaban J connectivity index is 2.06. The summed E-state index contributed by atoms with van der Waals surface area (Å²) >= 11 is 0. The minimum Gasteiger partial charge on any atom is -0.383 e. The highest BCUT2D eigenvalue weighted by Crippen LogP contribution is 2.35. The van der Waals surface area contributed by atoms with E-state index in [2.05, 4.69) is 9.97 Å². The summed E-state index contributed by atoms with van der Waals surface area (Å²) in [5.41, 5.74) is 1.92. The Labute approximate surface area is 193 Å². The summed E-state index contributed by atoms with van der Waals surface area (Å²) in [5.74, 6) is 0.530. The Bertz CT molecular complexity index is 955. The fraction of sp³-hybridized carbons (Fsp3) is 0.333. The van der Waals surface area contributed by atoms with E-state index in [0.29, 0.717) is 39.4 Å². The number of aromatic nitrogens is 2. The molecular weight excluding hydrogens is 422 g/mol. The molecule has 0 radical (unpaired) electrons. The van der Waals surface area contributed by atoms with Gasteiger partial charge in [0.1, 0.15) is 6.33 Å².